The van der Waals surface area contributed by atoms with Crippen molar-refractivity contribution in [2.45, 2.75) is 9.89 Å². The summed E-state index contributed by atoms with van der Waals surface area (Å²) in [5.74, 6) is 0. The van der Waals surface area contributed by atoms with Crippen molar-refractivity contribution in [1.82, 2.24) is 0 Å². The molecule has 0 amide bonds. The van der Waals surface area contributed by atoms with Crippen LogP contribution in [0, 0.1) is 0 Å². The van der Waals surface area contributed by atoms with E-state index in [9.17, 15) is 0 Å². The molecule has 17 heavy (non-hydrogen) atoms. The quantitative estimate of drug-likeness (QED) is 0.470. The van der Waals surface area contributed by atoms with Crippen LogP contribution in [0.25, 0.3) is 0 Å². The summed E-state index contributed by atoms with van der Waals surface area (Å²) in [4.78, 5) is 0. The van der Waals surface area contributed by atoms with Crippen LogP contribution in [0.15, 0.2) is 54.6 Å². The Morgan fingerprint density at radius 1 is 0.941 bits per heavy atom. The second kappa shape index (κ2) is 8.58. The zero-order valence-corrected chi connectivity index (χ0v) is 14.4. The molecule has 0 fully saturated rings. The largest absolute Gasteiger partial charge is 1.00 e. The molecule has 1 aromatic rings. The standard InChI is InChI=1S/C12H13Si.3ClH.Ti/c1-13(12-9-5-6-10-12)11-7-3-2-4-8-11;;;;/h2-10,13H,1H3;3*1H;/q;;;;+3/p-3. The first-order valence-electron chi connectivity index (χ1n) is 4.89. The fourth-order valence-corrected chi connectivity index (χ4v) is 5.02. The topological polar surface area (TPSA) is 0 Å². The number of halogens is 3. The Balaban J connectivity index is 0. The van der Waals surface area contributed by atoms with Crippen molar-refractivity contribution in [3.8, 4) is 0 Å². The van der Waals surface area contributed by atoms with Crippen LogP contribution in [0.1, 0.15) is 0 Å². The van der Waals surface area contributed by atoms with Crippen LogP contribution < -0.4 is 42.4 Å². The molecule has 0 saturated heterocycles. The van der Waals surface area contributed by atoms with Crippen LogP contribution in [-0.4, -0.2) is 8.80 Å². The Labute approximate surface area is 135 Å². The van der Waals surface area contributed by atoms with Gasteiger partial charge < -0.3 is 37.2 Å². The molecule has 0 heterocycles. The molecule has 0 nitrogen and oxygen atoms in total. The van der Waals surface area contributed by atoms with Gasteiger partial charge in [0.05, 0.1) is 0 Å². The second-order valence-corrected chi connectivity index (χ2v) is 9.10. The van der Waals surface area contributed by atoms with Gasteiger partial charge in [-0.3, -0.25) is 0 Å². The van der Waals surface area contributed by atoms with Crippen LogP contribution in [0.3, 0.4) is 0 Å². The predicted molar refractivity (Wildman–Crippen MR) is 60.1 cm³/mol. The van der Waals surface area contributed by atoms with Gasteiger partial charge in [-0.25, -0.2) is 0 Å². The third-order valence-electron chi connectivity index (χ3n) is 2.87. The Hall–Kier alpha value is 0.501. The van der Waals surface area contributed by atoms with Gasteiger partial charge in [0.2, 0.25) is 0 Å². The molecule has 0 bridgehead atoms. The Kier molecular flexibility index (Phi) is 10.0. The fraction of sp³-hybridized carbons (Fsp3) is 0.167. The van der Waals surface area contributed by atoms with E-state index in [0.717, 1.165) is 0 Å². The average Bonchev–Trinajstić information content (AvgIpc) is 2.67. The third kappa shape index (κ3) is 4.59. The van der Waals surface area contributed by atoms with Crippen molar-refractivity contribution < 1.29 is 57.7 Å². The van der Waals surface area contributed by atoms with Crippen molar-refractivity contribution in [3.05, 3.63) is 54.6 Å². The van der Waals surface area contributed by atoms with Crippen molar-refractivity contribution in [1.29, 1.82) is 0 Å². The summed E-state index contributed by atoms with van der Waals surface area (Å²) in [5.41, 5.74) is 0. The first kappa shape index (κ1) is 19.8. The van der Waals surface area contributed by atoms with Crippen LogP contribution in [0.5, 0.6) is 0 Å². The summed E-state index contributed by atoms with van der Waals surface area (Å²) in [7, 11) is -0.902. The Bertz CT molecular complexity index is 367. The van der Waals surface area contributed by atoms with Gasteiger partial charge in [0, 0.05) is 0 Å². The number of benzene rings is 1. The molecule has 0 aromatic heterocycles. The van der Waals surface area contributed by atoms with E-state index in [1.165, 1.54) is 0 Å². The minimum absolute atomic E-state index is 0. The molecule has 90 valence electrons. The zero-order chi connectivity index (χ0) is 10.0. The molecule has 1 aliphatic rings. The van der Waals surface area contributed by atoms with E-state index in [0.29, 0.717) is 3.34 Å². The van der Waals surface area contributed by atoms with E-state index in [-0.39, 0.29) is 37.2 Å². The first-order valence-corrected chi connectivity index (χ1v) is 7.98. The zero-order valence-electron chi connectivity index (χ0n) is 9.41. The first-order chi connectivity index (χ1) is 6.72. The maximum atomic E-state index is 2.43. The minimum atomic E-state index is -0.902. The van der Waals surface area contributed by atoms with Crippen LogP contribution in [0.2, 0.25) is 9.89 Å². The van der Waals surface area contributed by atoms with Crippen molar-refractivity contribution in [3.63, 3.8) is 0 Å². The molecule has 1 aliphatic carbocycles. The summed E-state index contributed by atoms with van der Waals surface area (Å²) in [6.45, 7) is 2.43. The second-order valence-electron chi connectivity index (χ2n) is 3.78. The molecule has 2 rings (SSSR count). The number of hydrogen-bond acceptors (Lipinski definition) is 0. The maximum Gasteiger partial charge on any atom is -1.00 e. The summed E-state index contributed by atoms with van der Waals surface area (Å²) >= 11 is 2.34. The van der Waals surface area contributed by atoms with E-state index in [1.807, 2.05) is 0 Å². The fourth-order valence-electron chi connectivity index (χ4n) is 1.79. The molecular formula is C12H13Cl3SiTi. The Morgan fingerprint density at radius 2 is 1.41 bits per heavy atom. The van der Waals surface area contributed by atoms with Gasteiger partial charge in [-0.2, -0.15) is 0 Å². The summed E-state index contributed by atoms with van der Waals surface area (Å²) in [5, 5.41) is 1.55. The van der Waals surface area contributed by atoms with Crippen LogP contribution in [-0.2, 0) is 20.4 Å². The molecule has 0 radical (unpaired) electrons. The smallest absolute Gasteiger partial charge is 1.00 e. The molecule has 1 unspecified atom stereocenters. The monoisotopic (exact) mass is 338 g/mol. The normalized spacial score (nSPS) is 16.4. The molecule has 0 spiro atoms. The molecule has 1 atom stereocenters. The van der Waals surface area contributed by atoms with E-state index in [1.54, 1.807) is 5.19 Å². The van der Waals surface area contributed by atoms with Crippen molar-refractivity contribution in [2.75, 3.05) is 0 Å². The average molecular weight is 340 g/mol. The molecule has 0 aliphatic heterocycles. The number of rotatable bonds is 2. The summed E-state index contributed by atoms with van der Waals surface area (Å²) in [6.07, 6.45) is 9.03. The minimum Gasteiger partial charge on any atom is -1.00 e. The van der Waals surface area contributed by atoms with Gasteiger partial charge >= 0.3 is 98.9 Å². The maximum absolute atomic E-state index is 2.43. The molecule has 0 saturated carbocycles. The van der Waals surface area contributed by atoms with E-state index >= 15 is 0 Å². The number of hydrogen-bond donors (Lipinski definition) is 0. The van der Waals surface area contributed by atoms with Gasteiger partial charge in [0.25, 0.3) is 0 Å². The van der Waals surface area contributed by atoms with Gasteiger partial charge in [-0.05, 0) is 0 Å². The van der Waals surface area contributed by atoms with E-state index in [4.69, 9.17) is 0 Å². The number of allylic oxidation sites excluding steroid dienone is 4. The SMILES string of the molecule is C[SiH](c1ccccc1)[C]1([Ti+3])C=CC=C1.[Cl-].[Cl-].[Cl-]. The van der Waals surface area contributed by atoms with Crippen LogP contribution >= 0.6 is 0 Å². The van der Waals surface area contributed by atoms with Gasteiger partial charge in [-0.15, -0.1) is 0 Å². The van der Waals surface area contributed by atoms with Gasteiger partial charge in [0.15, 0.2) is 0 Å². The summed E-state index contributed by atoms with van der Waals surface area (Å²) < 4.78 is 0.335. The van der Waals surface area contributed by atoms with Crippen molar-refractivity contribution in [2.24, 2.45) is 0 Å². The molecule has 5 heteroatoms. The van der Waals surface area contributed by atoms with Crippen LogP contribution in [0.4, 0.5) is 0 Å². The molecular weight excluding hydrogens is 326 g/mol. The van der Waals surface area contributed by atoms with Crippen molar-refractivity contribution >= 4 is 14.0 Å². The molecule has 0 N–H and O–H groups in total. The van der Waals surface area contributed by atoms with Gasteiger partial charge in [-0.1, -0.05) is 0 Å². The Morgan fingerprint density at radius 3 is 1.88 bits per heavy atom. The van der Waals surface area contributed by atoms with Gasteiger partial charge in [0.1, 0.15) is 0 Å². The predicted octanol–water partition coefficient (Wildman–Crippen LogP) is -6.87. The van der Waals surface area contributed by atoms with E-state index in [2.05, 4.69) is 81.6 Å². The summed E-state index contributed by atoms with van der Waals surface area (Å²) in [6, 6.07) is 10.9. The molecule has 1 aromatic carbocycles. The van der Waals surface area contributed by atoms with E-state index < -0.39 is 8.80 Å². The third-order valence-corrected chi connectivity index (χ3v) is 8.62.